The Morgan fingerprint density at radius 2 is 1.46 bits per heavy atom. The number of allylic oxidation sites excluding steroid dienone is 2. The third kappa shape index (κ3) is 3.97. The van der Waals surface area contributed by atoms with E-state index in [1.54, 1.807) is 0 Å². The Labute approximate surface area is 178 Å². The fraction of sp³-hybridized carbons (Fsp3) is 0.174. The van der Waals surface area contributed by atoms with E-state index in [1.165, 1.54) is 0 Å². The normalized spacial score (nSPS) is 13.6. The summed E-state index contributed by atoms with van der Waals surface area (Å²) >= 11 is 0. The van der Waals surface area contributed by atoms with Gasteiger partial charge in [-0.1, -0.05) is 91.1 Å². The first-order chi connectivity index (χ1) is 12.3. The topological polar surface area (TPSA) is 30.2 Å². The first-order valence-corrected chi connectivity index (χ1v) is 8.64. The van der Waals surface area contributed by atoms with E-state index in [0.717, 1.165) is 47.9 Å². The molecule has 0 saturated carbocycles. The van der Waals surface area contributed by atoms with E-state index in [0.29, 0.717) is 11.3 Å². The minimum atomic E-state index is -0.331. The van der Waals surface area contributed by atoms with Gasteiger partial charge in [0.25, 0.3) is 0 Å². The monoisotopic (exact) mass is 415 g/mol. The first kappa shape index (κ1) is 19.0. The molecule has 3 aromatic rings. The van der Waals surface area contributed by atoms with Gasteiger partial charge in [-0.2, -0.15) is 5.56 Å². The van der Waals surface area contributed by atoms with E-state index < -0.39 is 0 Å². The van der Waals surface area contributed by atoms with Gasteiger partial charge in [0.1, 0.15) is 0 Å². The maximum atomic E-state index is 12.6. The summed E-state index contributed by atoms with van der Waals surface area (Å²) in [5, 5.41) is 0. The molecule has 0 N–H and O–H groups in total. The summed E-state index contributed by atoms with van der Waals surface area (Å²) in [5.41, 5.74) is 3.82. The molecule has 1 aromatic heterocycles. The molecule has 0 saturated heterocycles. The van der Waals surface area contributed by atoms with Gasteiger partial charge in [0.15, 0.2) is 5.63 Å². The Bertz CT molecular complexity index is 957. The van der Waals surface area contributed by atoms with E-state index in [2.05, 4.69) is 12.1 Å². The number of hydrogen-bond donors (Lipinski definition) is 0. The van der Waals surface area contributed by atoms with Crippen molar-refractivity contribution in [1.29, 1.82) is 0 Å². The van der Waals surface area contributed by atoms with E-state index >= 15 is 0 Å². The molecule has 0 aliphatic heterocycles. The summed E-state index contributed by atoms with van der Waals surface area (Å²) in [6, 6.07) is 23.1. The molecule has 3 heteroatoms. The molecular weight excluding hydrogens is 397 g/mol. The summed E-state index contributed by atoms with van der Waals surface area (Å²) in [7, 11) is 0. The van der Waals surface area contributed by atoms with E-state index in [-0.39, 0.29) is 38.3 Å². The molecular formula is C23H18O2Y-2. The first-order valence-electron chi connectivity index (χ1n) is 8.64. The fourth-order valence-electron chi connectivity index (χ4n) is 3.19. The van der Waals surface area contributed by atoms with Gasteiger partial charge < -0.3 is 15.3 Å². The van der Waals surface area contributed by atoms with Crippen molar-refractivity contribution in [1.82, 2.24) is 0 Å². The second-order valence-electron chi connectivity index (χ2n) is 6.19. The molecule has 0 atom stereocenters. The second kappa shape index (κ2) is 8.75. The maximum Gasteiger partial charge on any atom is 0.182 e. The molecule has 0 unspecified atom stereocenters. The van der Waals surface area contributed by atoms with Crippen LogP contribution in [0.5, 0.6) is 0 Å². The van der Waals surface area contributed by atoms with Crippen molar-refractivity contribution in [3.05, 3.63) is 88.8 Å². The predicted molar refractivity (Wildman–Crippen MR) is 99.8 cm³/mol. The molecule has 1 aliphatic rings. The third-order valence-electron chi connectivity index (χ3n) is 4.47. The Morgan fingerprint density at radius 3 is 2.08 bits per heavy atom. The molecule has 1 heterocycles. The van der Waals surface area contributed by atoms with Crippen LogP contribution in [-0.2, 0) is 32.7 Å². The average molecular weight is 415 g/mol. The maximum absolute atomic E-state index is 12.6. The van der Waals surface area contributed by atoms with Crippen LogP contribution in [0.4, 0.5) is 0 Å². The Balaban J connectivity index is 0.00000196. The van der Waals surface area contributed by atoms with Crippen LogP contribution >= 0.6 is 0 Å². The number of rotatable bonds is 3. The van der Waals surface area contributed by atoms with Crippen molar-refractivity contribution < 1.29 is 37.1 Å². The van der Waals surface area contributed by atoms with Gasteiger partial charge in [-0.3, -0.25) is 5.57 Å². The van der Waals surface area contributed by atoms with Crippen LogP contribution < -0.4 is 5.63 Å². The van der Waals surface area contributed by atoms with Gasteiger partial charge >= 0.3 is 0 Å². The third-order valence-corrected chi connectivity index (χ3v) is 4.47. The van der Waals surface area contributed by atoms with E-state index in [9.17, 15) is 4.79 Å². The smallest absolute Gasteiger partial charge is 0.182 e. The fourth-order valence-corrected chi connectivity index (χ4v) is 3.19. The van der Waals surface area contributed by atoms with Gasteiger partial charge in [-0.25, -0.2) is 6.07 Å². The van der Waals surface area contributed by atoms with Crippen LogP contribution in [0.3, 0.4) is 0 Å². The van der Waals surface area contributed by atoms with Gasteiger partial charge in [-0.05, 0) is 5.56 Å². The zero-order chi connectivity index (χ0) is 17.1. The zero-order valence-corrected chi connectivity index (χ0v) is 17.3. The van der Waals surface area contributed by atoms with Crippen LogP contribution in [0.25, 0.3) is 28.0 Å². The second-order valence-corrected chi connectivity index (χ2v) is 6.19. The van der Waals surface area contributed by atoms with Crippen LogP contribution in [0.2, 0.25) is 0 Å². The van der Waals surface area contributed by atoms with Crippen LogP contribution in [0.1, 0.15) is 31.2 Å². The van der Waals surface area contributed by atoms with Crippen molar-refractivity contribution >= 4 is 5.57 Å². The van der Waals surface area contributed by atoms with Crippen molar-refractivity contribution in [2.24, 2.45) is 0 Å². The van der Waals surface area contributed by atoms with Crippen LogP contribution in [-0.4, -0.2) is 0 Å². The van der Waals surface area contributed by atoms with E-state index in [1.807, 2.05) is 60.7 Å². The Kier molecular flexibility index (Phi) is 6.40. The molecule has 0 amide bonds. The molecule has 1 radical (unpaired) electrons. The Morgan fingerprint density at radius 1 is 0.808 bits per heavy atom. The molecule has 2 aromatic carbocycles. The minimum absolute atomic E-state index is 0. The van der Waals surface area contributed by atoms with Crippen molar-refractivity contribution in [2.45, 2.75) is 25.7 Å². The molecule has 0 bridgehead atoms. The standard InChI is InChI=1S/C23H18O2.Y/c24-23-21(18-12-6-2-7-13-18)16-20(17-10-4-1-5-11-17)22(25-23)19-14-8-3-9-15-19;/h1,3-5,8-11,14-15H,2,6-7,12H2;/q-2;. The molecule has 127 valence electrons. The summed E-state index contributed by atoms with van der Waals surface area (Å²) in [6.07, 6.45) is 7.30. The molecule has 26 heavy (non-hydrogen) atoms. The van der Waals surface area contributed by atoms with Crippen LogP contribution in [0, 0.1) is 12.1 Å². The molecule has 2 nitrogen and oxygen atoms in total. The van der Waals surface area contributed by atoms with Crippen LogP contribution in [0.15, 0.2) is 69.9 Å². The number of benzene rings is 2. The minimum Gasteiger partial charge on any atom is -0.509 e. The average Bonchev–Trinajstić information content (AvgIpc) is 2.70. The van der Waals surface area contributed by atoms with Gasteiger partial charge in [0, 0.05) is 32.7 Å². The summed E-state index contributed by atoms with van der Waals surface area (Å²) in [4.78, 5) is 12.6. The molecule has 0 fully saturated rings. The largest absolute Gasteiger partial charge is 0.509 e. The zero-order valence-electron chi connectivity index (χ0n) is 14.5. The van der Waals surface area contributed by atoms with E-state index in [4.69, 9.17) is 4.42 Å². The Hall–Kier alpha value is -1.77. The quantitative estimate of drug-likeness (QED) is 0.527. The van der Waals surface area contributed by atoms with Gasteiger partial charge in [0.2, 0.25) is 0 Å². The summed E-state index contributed by atoms with van der Waals surface area (Å²) < 4.78 is 5.79. The predicted octanol–water partition coefficient (Wildman–Crippen LogP) is 5.53. The summed E-state index contributed by atoms with van der Waals surface area (Å²) in [6.45, 7) is 0. The van der Waals surface area contributed by atoms with Gasteiger partial charge in [0.05, 0.1) is 5.76 Å². The molecule has 1 aliphatic carbocycles. The van der Waals surface area contributed by atoms with Crippen molar-refractivity contribution in [3.8, 4) is 22.5 Å². The molecule has 0 spiro atoms. The SMILES string of the molecule is O=c1oc(-c2ccccc2)c(-c2ccccc2)[c-]c1C1=[C-]CCCC1.[Y]. The number of hydrogen-bond acceptors (Lipinski definition) is 2. The van der Waals surface area contributed by atoms with Crippen molar-refractivity contribution in [2.75, 3.05) is 0 Å². The summed E-state index contributed by atoms with van der Waals surface area (Å²) in [5.74, 6) is 0.567. The molecule has 4 rings (SSSR count). The van der Waals surface area contributed by atoms with Gasteiger partial charge in [-0.15, -0.1) is 6.42 Å². The van der Waals surface area contributed by atoms with Crippen molar-refractivity contribution in [3.63, 3.8) is 0 Å².